The van der Waals surface area contributed by atoms with Crippen LogP contribution < -0.4 is 15.0 Å². The molecule has 0 aliphatic carbocycles. The third-order valence-electron chi connectivity index (χ3n) is 4.91. The third kappa shape index (κ3) is 3.60. The van der Waals surface area contributed by atoms with E-state index in [4.69, 9.17) is 4.74 Å². The van der Waals surface area contributed by atoms with Crippen molar-refractivity contribution in [3.8, 4) is 5.75 Å². The molecule has 2 heterocycles. The maximum atomic E-state index is 5.49. The monoisotopic (exact) mass is 351 g/mol. The number of hydrogen-bond donors (Lipinski definition) is 2. The van der Waals surface area contributed by atoms with Crippen molar-refractivity contribution in [2.75, 3.05) is 56.6 Å². The van der Waals surface area contributed by atoms with Crippen LogP contribution in [0.25, 0.3) is 11.0 Å². The van der Waals surface area contributed by atoms with Gasteiger partial charge in [-0.15, -0.1) is 0 Å². The Morgan fingerprint density at radius 1 is 1.04 bits per heavy atom. The van der Waals surface area contributed by atoms with Gasteiger partial charge >= 0.3 is 0 Å². The third-order valence-corrected chi connectivity index (χ3v) is 4.91. The average molecular weight is 351 g/mol. The number of H-pyrrole nitrogens is 1. The molecule has 1 saturated heterocycles. The molecule has 2 N–H and O–H groups in total. The van der Waals surface area contributed by atoms with Crippen LogP contribution in [0.15, 0.2) is 48.5 Å². The summed E-state index contributed by atoms with van der Waals surface area (Å²) in [4.78, 5) is 12.8. The number of aromatic amines is 1. The summed E-state index contributed by atoms with van der Waals surface area (Å²) < 4.78 is 5.49. The number of hydrogen-bond acceptors (Lipinski definition) is 5. The van der Waals surface area contributed by atoms with Gasteiger partial charge in [0, 0.05) is 39.3 Å². The van der Waals surface area contributed by atoms with E-state index in [0.717, 1.165) is 62.0 Å². The normalized spacial score (nSPS) is 15.3. The molecule has 0 bridgehead atoms. The summed E-state index contributed by atoms with van der Waals surface area (Å²) in [6, 6.07) is 16.3. The minimum absolute atomic E-state index is 0.846. The summed E-state index contributed by atoms with van der Waals surface area (Å²) in [7, 11) is 1.73. The SMILES string of the molecule is COc1ccccc1N1CCN(CCNc2nc3ccccc3[nH]2)CC1. The van der Waals surface area contributed by atoms with E-state index in [1.165, 1.54) is 5.69 Å². The van der Waals surface area contributed by atoms with Crippen molar-refractivity contribution in [2.24, 2.45) is 0 Å². The molecule has 0 spiro atoms. The Labute approximate surface area is 153 Å². The molecule has 1 aliphatic heterocycles. The van der Waals surface area contributed by atoms with Gasteiger partial charge in [0.2, 0.25) is 5.95 Å². The Bertz CT molecular complexity index is 821. The van der Waals surface area contributed by atoms with Gasteiger partial charge in [0.25, 0.3) is 0 Å². The van der Waals surface area contributed by atoms with Crippen molar-refractivity contribution in [3.05, 3.63) is 48.5 Å². The van der Waals surface area contributed by atoms with E-state index >= 15 is 0 Å². The quantitative estimate of drug-likeness (QED) is 0.715. The fourth-order valence-electron chi connectivity index (χ4n) is 3.47. The van der Waals surface area contributed by atoms with Crippen LogP contribution in [0.3, 0.4) is 0 Å². The molecular formula is C20H25N5O. The van der Waals surface area contributed by atoms with E-state index in [9.17, 15) is 0 Å². The van der Waals surface area contributed by atoms with Gasteiger partial charge in [-0.2, -0.15) is 0 Å². The molecule has 2 aromatic carbocycles. The number of fused-ring (bicyclic) bond motifs is 1. The number of imidazole rings is 1. The predicted octanol–water partition coefficient (Wildman–Crippen LogP) is 2.81. The molecule has 0 radical (unpaired) electrons. The van der Waals surface area contributed by atoms with Crippen molar-refractivity contribution in [2.45, 2.75) is 0 Å². The zero-order chi connectivity index (χ0) is 17.8. The largest absolute Gasteiger partial charge is 0.495 e. The first kappa shape index (κ1) is 16.7. The first-order valence-corrected chi connectivity index (χ1v) is 9.12. The predicted molar refractivity (Wildman–Crippen MR) is 106 cm³/mol. The van der Waals surface area contributed by atoms with Gasteiger partial charge in [0.15, 0.2) is 0 Å². The minimum Gasteiger partial charge on any atom is -0.495 e. The number of methoxy groups -OCH3 is 1. The second-order valence-corrected chi connectivity index (χ2v) is 6.53. The summed E-state index contributed by atoms with van der Waals surface area (Å²) in [5.41, 5.74) is 3.26. The van der Waals surface area contributed by atoms with Crippen molar-refractivity contribution < 1.29 is 4.74 Å². The highest BCUT2D eigenvalue weighted by Crippen LogP contribution is 2.28. The smallest absolute Gasteiger partial charge is 0.201 e. The number of piperazine rings is 1. The Morgan fingerprint density at radius 3 is 2.62 bits per heavy atom. The highest BCUT2D eigenvalue weighted by Gasteiger charge is 2.19. The number of nitrogens with one attached hydrogen (secondary N) is 2. The number of benzene rings is 2. The van der Waals surface area contributed by atoms with Crippen LogP contribution in [0.1, 0.15) is 0 Å². The van der Waals surface area contributed by atoms with Crippen LogP contribution >= 0.6 is 0 Å². The molecule has 6 nitrogen and oxygen atoms in total. The molecule has 0 amide bonds. The van der Waals surface area contributed by atoms with Gasteiger partial charge in [-0.3, -0.25) is 4.90 Å². The van der Waals surface area contributed by atoms with E-state index in [0.29, 0.717) is 0 Å². The van der Waals surface area contributed by atoms with E-state index < -0.39 is 0 Å². The number of rotatable bonds is 6. The van der Waals surface area contributed by atoms with Gasteiger partial charge < -0.3 is 19.9 Å². The molecule has 136 valence electrons. The van der Waals surface area contributed by atoms with Crippen LogP contribution in [0, 0.1) is 0 Å². The van der Waals surface area contributed by atoms with E-state index in [2.05, 4.69) is 37.2 Å². The minimum atomic E-state index is 0.846. The van der Waals surface area contributed by atoms with E-state index in [1.54, 1.807) is 7.11 Å². The van der Waals surface area contributed by atoms with Gasteiger partial charge in [0.1, 0.15) is 5.75 Å². The lowest BCUT2D eigenvalue weighted by atomic mass is 10.2. The van der Waals surface area contributed by atoms with Crippen LogP contribution in [0.2, 0.25) is 0 Å². The number of anilines is 2. The average Bonchev–Trinajstić information content (AvgIpc) is 3.11. The molecule has 3 aromatic rings. The van der Waals surface area contributed by atoms with Crippen molar-refractivity contribution in [1.82, 2.24) is 14.9 Å². The zero-order valence-corrected chi connectivity index (χ0v) is 15.1. The van der Waals surface area contributed by atoms with Crippen LogP contribution in [-0.2, 0) is 0 Å². The second-order valence-electron chi connectivity index (χ2n) is 6.53. The molecule has 6 heteroatoms. The van der Waals surface area contributed by atoms with Gasteiger partial charge in [-0.1, -0.05) is 24.3 Å². The Morgan fingerprint density at radius 2 is 1.81 bits per heavy atom. The highest BCUT2D eigenvalue weighted by molar-refractivity contribution is 5.77. The van der Waals surface area contributed by atoms with Crippen LogP contribution in [0.4, 0.5) is 11.6 Å². The van der Waals surface area contributed by atoms with Crippen molar-refractivity contribution in [3.63, 3.8) is 0 Å². The molecule has 26 heavy (non-hydrogen) atoms. The van der Waals surface area contributed by atoms with E-state index in [-0.39, 0.29) is 0 Å². The molecule has 0 saturated carbocycles. The fraction of sp³-hybridized carbons (Fsp3) is 0.350. The van der Waals surface area contributed by atoms with Crippen LogP contribution in [0.5, 0.6) is 5.75 Å². The maximum absolute atomic E-state index is 5.49. The summed E-state index contributed by atoms with van der Waals surface area (Å²) >= 11 is 0. The van der Waals surface area contributed by atoms with Gasteiger partial charge in [-0.05, 0) is 24.3 Å². The topological polar surface area (TPSA) is 56.4 Å². The van der Waals surface area contributed by atoms with Crippen molar-refractivity contribution >= 4 is 22.7 Å². The first-order chi connectivity index (χ1) is 12.8. The molecule has 1 fully saturated rings. The number of nitrogens with zero attached hydrogens (tertiary/aromatic N) is 3. The Balaban J connectivity index is 1.26. The summed E-state index contributed by atoms with van der Waals surface area (Å²) in [6.45, 7) is 6.04. The van der Waals surface area contributed by atoms with Gasteiger partial charge in [0.05, 0.1) is 23.8 Å². The lowest BCUT2D eigenvalue weighted by Crippen LogP contribution is -2.47. The van der Waals surface area contributed by atoms with Crippen molar-refractivity contribution in [1.29, 1.82) is 0 Å². The standard InChI is InChI=1S/C20H25N5O/c1-26-19-9-5-4-8-18(19)25-14-12-24(13-15-25)11-10-21-20-22-16-6-2-3-7-17(16)23-20/h2-9H,10-15H2,1H3,(H2,21,22,23). The lowest BCUT2D eigenvalue weighted by Gasteiger charge is -2.36. The number of ether oxygens (including phenoxy) is 1. The van der Waals surface area contributed by atoms with Crippen LogP contribution in [-0.4, -0.2) is 61.2 Å². The second kappa shape index (κ2) is 7.66. The molecule has 1 aromatic heterocycles. The molecule has 1 aliphatic rings. The molecular weight excluding hydrogens is 326 g/mol. The van der Waals surface area contributed by atoms with Gasteiger partial charge in [-0.25, -0.2) is 4.98 Å². The molecule has 0 atom stereocenters. The first-order valence-electron chi connectivity index (χ1n) is 9.12. The fourth-order valence-corrected chi connectivity index (χ4v) is 3.47. The Hall–Kier alpha value is -2.73. The number of aromatic nitrogens is 2. The van der Waals surface area contributed by atoms with E-state index in [1.807, 2.05) is 36.4 Å². The number of para-hydroxylation sites is 4. The zero-order valence-electron chi connectivity index (χ0n) is 15.1. The summed E-state index contributed by atoms with van der Waals surface area (Å²) in [6.07, 6.45) is 0. The highest BCUT2D eigenvalue weighted by atomic mass is 16.5. The maximum Gasteiger partial charge on any atom is 0.201 e. The Kier molecular flexibility index (Phi) is 4.93. The lowest BCUT2D eigenvalue weighted by molar-refractivity contribution is 0.266. The molecule has 4 rings (SSSR count). The molecule has 0 unspecified atom stereocenters. The summed E-state index contributed by atoms with van der Waals surface area (Å²) in [5.74, 6) is 1.80. The summed E-state index contributed by atoms with van der Waals surface area (Å²) in [5, 5.41) is 3.40.